The van der Waals surface area contributed by atoms with Crippen LogP contribution >= 0.6 is 0 Å². The van der Waals surface area contributed by atoms with Gasteiger partial charge in [-0.3, -0.25) is 4.98 Å². The van der Waals surface area contributed by atoms with Crippen LogP contribution in [0.4, 0.5) is 5.69 Å². The normalized spacial score (nSPS) is 13.6. The Labute approximate surface area is 124 Å². The Bertz CT molecular complexity index is 665. The summed E-state index contributed by atoms with van der Waals surface area (Å²) >= 11 is 0. The van der Waals surface area contributed by atoms with Crippen molar-refractivity contribution < 1.29 is 0 Å². The molecule has 0 unspecified atom stereocenters. The van der Waals surface area contributed by atoms with Gasteiger partial charge in [0.25, 0.3) is 0 Å². The van der Waals surface area contributed by atoms with Crippen LogP contribution in [0.15, 0.2) is 55.0 Å². The highest BCUT2D eigenvalue weighted by atomic mass is 15.2. The average molecular weight is 276 g/mol. The molecule has 0 radical (unpaired) electrons. The van der Waals surface area contributed by atoms with Crippen LogP contribution in [0.2, 0.25) is 0 Å². The van der Waals surface area contributed by atoms with Gasteiger partial charge in [0, 0.05) is 42.9 Å². The van der Waals surface area contributed by atoms with Crippen LogP contribution in [0, 0.1) is 11.3 Å². The number of hydrogen-bond acceptors (Lipinski definition) is 4. The molecule has 2 aromatic rings. The van der Waals surface area contributed by atoms with Gasteiger partial charge in [0.15, 0.2) is 0 Å². The summed E-state index contributed by atoms with van der Waals surface area (Å²) in [5, 5.41) is 11.8. The van der Waals surface area contributed by atoms with Gasteiger partial charge >= 0.3 is 0 Å². The Kier molecular flexibility index (Phi) is 3.83. The van der Waals surface area contributed by atoms with Crippen LogP contribution in [0.3, 0.4) is 0 Å². The van der Waals surface area contributed by atoms with E-state index >= 15 is 0 Å². The summed E-state index contributed by atoms with van der Waals surface area (Å²) in [5.74, 6) is 0. The first-order valence-corrected chi connectivity index (χ1v) is 6.96. The lowest BCUT2D eigenvalue weighted by molar-refractivity contribution is 0.776. The minimum atomic E-state index is 0.356. The summed E-state index contributed by atoms with van der Waals surface area (Å²) in [6.07, 6.45) is 6.20. The van der Waals surface area contributed by atoms with Crippen LogP contribution in [0.1, 0.15) is 5.69 Å². The molecule has 21 heavy (non-hydrogen) atoms. The van der Waals surface area contributed by atoms with Crippen molar-refractivity contribution in [3.63, 3.8) is 0 Å². The van der Waals surface area contributed by atoms with Crippen LogP contribution in [0.5, 0.6) is 0 Å². The molecule has 1 aromatic heterocycles. The highest BCUT2D eigenvalue weighted by Gasteiger charge is 2.06. The number of rotatable bonds is 3. The number of nitrogens with zero attached hydrogens (tertiary/aromatic N) is 3. The van der Waals surface area contributed by atoms with Crippen molar-refractivity contribution in [2.45, 2.75) is 6.42 Å². The molecule has 0 spiro atoms. The van der Waals surface area contributed by atoms with E-state index in [0.29, 0.717) is 6.42 Å². The molecular weight excluding hydrogens is 260 g/mol. The zero-order valence-corrected chi connectivity index (χ0v) is 11.7. The van der Waals surface area contributed by atoms with Gasteiger partial charge in [-0.15, -0.1) is 0 Å². The minimum Gasteiger partial charge on any atom is -0.388 e. The van der Waals surface area contributed by atoms with Gasteiger partial charge in [-0.05, 0) is 23.8 Å². The quantitative estimate of drug-likeness (QED) is 0.936. The molecule has 1 aromatic carbocycles. The fraction of sp³-hybridized carbons (Fsp3) is 0.176. The molecule has 2 heterocycles. The average Bonchev–Trinajstić information content (AvgIpc) is 2.57. The molecule has 0 bridgehead atoms. The van der Waals surface area contributed by atoms with E-state index in [4.69, 9.17) is 5.26 Å². The van der Waals surface area contributed by atoms with Gasteiger partial charge in [-0.1, -0.05) is 18.2 Å². The van der Waals surface area contributed by atoms with E-state index < -0.39 is 0 Å². The SMILES string of the molecule is N#CCc1ccc(-c2ccc(N3C=CNCC3)cc2)cn1. The number of hydrogen-bond donors (Lipinski definition) is 1. The van der Waals surface area contributed by atoms with Crippen molar-refractivity contribution in [2.24, 2.45) is 0 Å². The first kappa shape index (κ1) is 13.2. The molecule has 0 saturated heterocycles. The third-order valence-corrected chi connectivity index (χ3v) is 3.49. The second kappa shape index (κ2) is 6.10. The van der Waals surface area contributed by atoms with E-state index in [1.54, 1.807) is 0 Å². The number of nitrogens with one attached hydrogen (secondary N) is 1. The molecule has 0 aliphatic carbocycles. The standard InChI is InChI=1S/C17H16N4/c18-8-7-16-4-1-15(13-20-16)14-2-5-17(6-3-14)21-11-9-19-10-12-21/h1-6,9,11,13,19H,7,10,12H2. The van der Waals surface area contributed by atoms with Crippen molar-refractivity contribution >= 4 is 5.69 Å². The Hall–Kier alpha value is -2.80. The highest BCUT2D eigenvalue weighted by Crippen LogP contribution is 2.23. The molecule has 3 rings (SSSR count). The van der Waals surface area contributed by atoms with Crippen LogP contribution < -0.4 is 10.2 Å². The summed E-state index contributed by atoms with van der Waals surface area (Å²) in [6.45, 7) is 1.93. The van der Waals surface area contributed by atoms with E-state index in [1.807, 2.05) is 24.5 Å². The molecule has 0 atom stereocenters. The lowest BCUT2D eigenvalue weighted by Gasteiger charge is -2.24. The maximum absolute atomic E-state index is 8.66. The number of anilines is 1. The number of pyridine rings is 1. The van der Waals surface area contributed by atoms with Gasteiger partial charge in [0.1, 0.15) is 0 Å². The predicted molar refractivity (Wildman–Crippen MR) is 83.5 cm³/mol. The van der Waals surface area contributed by atoms with Crippen molar-refractivity contribution in [1.29, 1.82) is 5.26 Å². The van der Waals surface area contributed by atoms with Gasteiger partial charge in [-0.25, -0.2) is 0 Å². The summed E-state index contributed by atoms with van der Waals surface area (Å²) in [5.41, 5.74) is 4.20. The zero-order valence-electron chi connectivity index (χ0n) is 11.7. The summed E-state index contributed by atoms with van der Waals surface area (Å²) in [4.78, 5) is 6.52. The maximum Gasteiger partial charge on any atom is 0.0774 e. The summed E-state index contributed by atoms with van der Waals surface area (Å²) < 4.78 is 0. The van der Waals surface area contributed by atoms with Crippen LogP contribution in [-0.4, -0.2) is 18.1 Å². The number of aromatic nitrogens is 1. The van der Waals surface area contributed by atoms with Crippen LogP contribution in [0.25, 0.3) is 11.1 Å². The summed E-state index contributed by atoms with van der Waals surface area (Å²) in [7, 11) is 0. The van der Waals surface area contributed by atoms with E-state index in [-0.39, 0.29) is 0 Å². The fourth-order valence-electron chi connectivity index (χ4n) is 2.33. The van der Waals surface area contributed by atoms with Crippen molar-refractivity contribution in [2.75, 3.05) is 18.0 Å². The molecule has 4 nitrogen and oxygen atoms in total. The lowest BCUT2D eigenvalue weighted by Crippen LogP contribution is -2.30. The monoisotopic (exact) mass is 276 g/mol. The molecule has 1 N–H and O–H groups in total. The van der Waals surface area contributed by atoms with E-state index in [9.17, 15) is 0 Å². The molecule has 1 aliphatic rings. The molecule has 104 valence electrons. The smallest absolute Gasteiger partial charge is 0.0774 e. The number of benzene rings is 1. The Morgan fingerprint density at radius 2 is 1.95 bits per heavy atom. The number of nitriles is 1. The Morgan fingerprint density at radius 1 is 1.14 bits per heavy atom. The largest absolute Gasteiger partial charge is 0.388 e. The fourth-order valence-corrected chi connectivity index (χ4v) is 2.33. The third-order valence-electron chi connectivity index (χ3n) is 3.49. The van der Waals surface area contributed by atoms with Gasteiger partial charge in [-0.2, -0.15) is 5.26 Å². The molecule has 0 saturated carbocycles. The lowest BCUT2D eigenvalue weighted by atomic mass is 10.1. The van der Waals surface area contributed by atoms with E-state index in [1.165, 1.54) is 5.69 Å². The van der Waals surface area contributed by atoms with E-state index in [0.717, 1.165) is 29.9 Å². The minimum absolute atomic E-state index is 0.356. The molecule has 4 heteroatoms. The Morgan fingerprint density at radius 3 is 2.57 bits per heavy atom. The van der Waals surface area contributed by atoms with Crippen LogP contribution in [-0.2, 0) is 6.42 Å². The van der Waals surface area contributed by atoms with Crippen molar-refractivity contribution in [3.05, 3.63) is 60.7 Å². The molecule has 0 fully saturated rings. The molecular formula is C17H16N4. The van der Waals surface area contributed by atoms with Gasteiger partial charge in [0.2, 0.25) is 0 Å². The van der Waals surface area contributed by atoms with Crippen molar-refractivity contribution in [3.8, 4) is 17.2 Å². The summed E-state index contributed by atoms with van der Waals surface area (Å²) in [6, 6.07) is 14.5. The molecule has 1 aliphatic heterocycles. The highest BCUT2D eigenvalue weighted by molar-refractivity contribution is 5.66. The third kappa shape index (κ3) is 3.03. The second-order valence-electron chi connectivity index (χ2n) is 4.88. The topological polar surface area (TPSA) is 52.0 Å². The van der Waals surface area contributed by atoms with Gasteiger partial charge in [0.05, 0.1) is 18.2 Å². The van der Waals surface area contributed by atoms with Crippen molar-refractivity contribution in [1.82, 2.24) is 10.3 Å². The molecule has 0 amide bonds. The maximum atomic E-state index is 8.66. The first-order chi connectivity index (χ1) is 10.4. The Balaban J connectivity index is 1.78. The zero-order chi connectivity index (χ0) is 14.5. The first-order valence-electron chi connectivity index (χ1n) is 6.96. The van der Waals surface area contributed by atoms with E-state index in [2.05, 4.69) is 51.7 Å². The predicted octanol–water partition coefficient (Wildman–Crippen LogP) is 2.70. The second-order valence-corrected chi connectivity index (χ2v) is 4.88. The van der Waals surface area contributed by atoms with Gasteiger partial charge < -0.3 is 10.2 Å².